The number of hydrogen-bond donors (Lipinski definition) is 0. The molecular formula is C14H21ClF2N4O. The highest BCUT2D eigenvalue weighted by Gasteiger charge is 2.30. The van der Waals surface area contributed by atoms with Crippen LogP contribution in [-0.2, 0) is 18.3 Å². The second kappa shape index (κ2) is 7.37. The second-order valence-electron chi connectivity index (χ2n) is 5.58. The van der Waals surface area contributed by atoms with Gasteiger partial charge in [0, 0.05) is 44.5 Å². The van der Waals surface area contributed by atoms with Crippen LogP contribution in [0.3, 0.4) is 0 Å². The van der Waals surface area contributed by atoms with Crippen LogP contribution < -0.4 is 0 Å². The number of hydrogen-bond acceptors (Lipinski definition) is 3. The molecule has 0 saturated carbocycles. The lowest BCUT2D eigenvalue weighted by molar-refractivity contribution is -0.133. The van der Waals surface area contributed by atoms with Crippen LogP contribution in [0.15, 0.2) is 6.20 Å². The molecule has 1 aromatic rings. The molecule has 2 heterocycles. The molecule has 22 heavy (non-hydrogen) atoms. The summed E-state index contributed by atoms with van der Waals surface area (Å²) >= 11 is 5.97. The summed E-state index contributed by atoms with van der Waals surface area (Å²) in [5.41, 5.74) is 0.692. The van der Waals surface area contributed by atoms with Crippen LogP contribution in [0.25, 0.3) is 0 Å². The van der Waals surface area contributed by atoms with Crippen LogP contribution in [0.4, 0.5) is 8.78 Å². The van der Waals surface area contributed by atoms with Crippen LogP contribution in [0.2, 0.25) is 5.15 Å². The highest BCUT2D eigenvalue weighted by atomic mass is 35.5. The van der Waals surface area contributed by atoms with Crippen molar-refractivity contribution in [1.82, 2.24) is 19.6 Å². The van der Waals surface area contributed by atoms with Gasteiger partial charge in [-0.3, -0.25) is 14.4 Å². The fourth-order valence-electron chi connectivity index (χ4n) is 2.83. The fourth-order valence-corrected chi connectivity index (χ4v) is 3.06. The molecule has 0 bridgehead atoms. The summed E-state index contributed by atoms with van der Waals surface area (Å²) in [7, 11) is 1.75. The maximum Gasteiger partial charge on any atom is 0.251 e. The van der Waals surface area contributed by atoms with Crippen LogP contribution in [0.1, 0.15) is 18.9 Å². The van der Waals surface area contributed by atoms with E-state index in [9.17, 15) is 13.6 Å². The molecule has 0 aliphatic carbocycles. The minimum atomic E-state index is -2.34. The van der Waals surface area contributed by atoms with Crippen LogP contribution in [0, 0.1) is 0 Å². The Morgan fingerprint density at radius 1 is 1.50 bits per heavy atom. The Kier molecular flexibility index (Phi) is 5.74. The average molecular weight is 335 g/mol. The molecule has 1 aromatic heterocycles. The number of aryl methyl sites for hydroxylation is 1. The maximum absolute atomic E-state index is 12.6. The summed E-state index contributed by atoms with van der Waals surface area (Å²) in [6.07, 6.45) is 0.317. The first-order valence-electron chi connectivity index (χ1n) is 7.38. The smallest absolute Gasteiger partial charge is 0.251 e. The largest absolute Gasteiger partial charge is 0.340 e. The molecule has 1 amide bonds. The molecule has 8 heteroatoms. The summed E-state index contributed by atoms with van der Waals surface area (Å²) in [4.78, 5) is 15.9. The van der Waals surface area contributed by atoms with E-state index in [4.69, 9.17) is 11.6 Å². The summed E-state index contributed by atoms with van der Waals surface area (Å²) in [5, 5.41) is 4.34. The van der Waals surface area contributed by atoms with Crippen molar-refractivity contribution in [3.63, 3.8) is 0 Å². The summed E-state index contributed by atoms with van der Waals surface area (Å²) in [6.45, 7) is 3.17. The van der Waals surface area contributed by atoms with E-state index < -0.39 is 6.43 Å². The Morgan fingerprint density at radius 3 is 2.77 bits per heavy atom. The third kappa shape index (κ3) is 4.16. The Hall–Kier alpha value is -1.21. The standard InChI is InChI=1S/C14H21ClF2N4O/c1-3-11-8-21(5-4-20(11)9-12(16)17)13(22)6-10-7-19(2)18-14(10)15/h7,11-12H,3-6,8-9H2,1-2H3. The Bertz CT molecular complexity index is 523. The van der Waals surface area contributed by atoms with Gasteiger partial charge in [-0.15, -0.1) is 0 Å². The molecule has 0 spiro atoms. The van der Waals surface area contributed by atoms with Gasteiger partial charge in [0.1, 0.15) is 0 Å². The molecule has 0 N–H and O–H groups in total. The van der Waals surface area contributed by atoms with Crippen molar-refractivity contribution >= 4 is 17.5 Å². The molecule has 0 radical (unpaired) electrons. The molecule has 1 fully saturated rings. The van der Waals surface area contributed by atoms with E-state index >= 15 is 0 Å². The molecule has 1 aliphatic heterocycles. The first-order chi connectivity index (χ1) is 10.4. The van der Waals surface area contributed by atoms with Gasteiger partial charge < -0.3 is 4.90 Å². The van der Waals surface area contributed by atoms with Crippen molar-refractivity contribution in [2.24, 2.45) is 7.05 Å². The van der Waals surface area contributed by atoms with E-state index in [0.29, 0.717) is 30.4 Å². The predicted octanol–water partition coefficient (Wildman–Crippen LogP) is 1.80. The van der Waals surface area contributed by atoms with E-state index in [2.05, 4.69) is 5.10 Å². The summed E-state index contributed by atoms with van der Waals surface area (Å²) in [6, 6.07) is -0.0175. The van der Waals surface area contributed by atoms with Crippen LogP contribution in [-0.4, -0.2) is 64.1 Å². The van der Waals surface area contributed by atoms with E-state index in [1.165, 1.54) is 0 Å². The maximum atomic E-state index is 12.6. The van der Waals surface area contributed by atoms with Crippen LogP contribution in [0.5, 0.6) is 0 Å². The Morgan fingerprint density at radius 2 is 2.23 bits per heavy atom. The molecule has 124 valence electrons. The second-order valence-corrected chi connectivity index (χ2v) is 5.94. The van der Waals surface area contributed by atoms with Crippen molar-refractivity contribution in [3.8, 4) is 0 Å². The number of nitrogens with zero attached hydrogens (tertiary/aromatic N) is 4. The van der Waals surface area contributed by atoms with E-state index in [1.807, 2.05) is 6.92 Å². The van der Waals surface area contributed by atoms with Gasteiger partial charge in [0.25, 0.3) is 6.43 Å². The SMILES string of the molecule is CCC1CN(C(=O)Cc2cn(C)nc2Cl)CCN1CC(F)F. The Balaban J connectivity index is 1.96. The minimum absolute atomic E-state index is 0.0175. The van der Waals surface area contributed by atoms with Gasteiger partial charge in [0.15, 0.2) is 5.15 Å². The van der Waals surface area contributed by atoms with Gasteiger partial charge in [-0.1, -0.05) is 18.5 Å². The molecular weight excluding hydrogens is 314 g/mol. The third-order valence-corrected chi connectivity index (χ3v) is 4.31. The molecule has 2 rings (SSSR count). The average Bonchev–Trinajstić information content (AvgIpc) is 2.76. The number of alkyl halides is 2. The summed E-state index contributed by atoms with van der Waals surface area (Å²) in [5.74, 6) is -0.0370. The highest BCUT2D eigenvalue weighted by Crippen LogP contribution is 2.18. The normalized spacial score (nSPS) is 19.9. The van der Waals surface area contributed by atoms with E-state index in [0.717, 1.165) is 6.42 Å². The fraction of sp³-hybridized carbons (Fsp3) is 0.714. The van der Waals surface area contributed by atoms with Gasteiger partial charge in [0.05, 0.1) is 13.0 Å². The topological polar surface area (TPSA) is 41.4 Å². The minimum Gasteiger partial charge on any atom is -0.340 e. The zero-order valence-electron chi connectivity index (χ0n) is 12.8. The van der Waals surface area contributed by atoms with Gasteiger partial charge in [-0.25, -0.2) is 8.78 Å². The lowest BCUT2D eigenvalue weighted by Gasteiger charge is -2.41. The lowest BCUT2D eigenvalue weighted by atomic mass is 10.1. The third-order valence-electron chi connectivity index (χ3n) is 4.00. The van der Waals surface area contributed by atoms with E-state index in [1.54, 1.807) is 27.7 Å². The van der Waals surface area contributed by atoms with Crippen molar-refractivity contribution in [3.05, 3.63) is 16.9 Å². The first-order valence-corrected chi connectivity index (χ1v) is 7.76. The zero-order valence-corrected chi connectivity index (χ0v) is 13.6. The van der Waals surface area contributed by atoms with Crippen molar-refractivity contribution in [1.29, 1.82) is 0 Å². The zero-order chi connectivity index (χ0) is 16.3. The summed E-state index contributed by atoms with van der Waals surface area (Å²) < 4.78 is 26.7. The first kappa shape index (κ1) is 17.1. The number of piperazine rings is 1. The van der Waals surface area contributed by atoms with Crippen LogP contribution >= 0.6 is 11.6 Å². The number of halogens is 3. The van der Waals surface area contributed by atoms with Crippen molar-refractivity contribution < 1.29 is 13.6 Å². The monoisotopic (exact) mass is 334 g/mol. The predicted molar refractivity (Wildman–Crippen MR) is 80.2 cm³/mol. The van der Waals surface area contributed by atoms with Crippen molar-refractivity contribution in [2.75, 3.05) is 26.2 Å². The number of aromatic nitrogens is 2. The number of rotatable bonds is 5. The molecule has 1 atom stereocenters. The van der Waals surface area contributed by atoms with Gasteiger partial charge >= 0.3 is 0 Å². The highest BCUT2D eigenvalue weighted by molar-refractivity contribution is 6.30. The van der Waals surface area contributed by atoms with E-state index in [-0.39, 0.29) is 24.9 Å². The number of amides is 1. The van der Waals surface area contributed by atoms with Gasteiger partial charge in [-0.2, -0.15) is 5.10 Å². The molecule has 5 nitrogen and oxygen atoms in total. The molecule has 1 saturated heterocycles. The molecule has 1 unspecified atom stereocenters. The molecule has 1 aliphatic rings. The Labute approximate surface area is 133 Å². The van der Waals surface area contributed by atoms with Crippen molar-refractivity contribution in [2.45, 2.75) is 32.2 Å². The van der Waals surface area contributed by atoms with Gasteiger partial charge in [0.2, 0.25) is 5.91 Å². The number of carbonyl (C=O) groups is 1. The number of carbonyl (C=O) groups excluding carboxylic acids is 1. The van der Waals surface area contributed by atoms with Gasteiger partial charge in [-0.05, 0) is 6.42 Å². The molecule has 0 aromatic carbocycles. The lowest BCUT2D eigenvalue weighted by Crippen LogP contribution is -2.55. The quantitative estimate of drug-likeness (QED) is 0.824.